The fourth-order valence-electron chi connectivity index (χ4n) is 3.12. The van der Waals surface area contributed by atoms with Gasteiger partial charge < -0.3 is 17.1 Å². The lowest BCUT2D eigenvalue weighted by Crippen LogP contribution is -2.60. The van der Waals surface area contributed by atoms with Crippen molar-refractivity contribution in [1.29, 1.82) is 0 Å². The normalized spacial score (nSPS) is 13.8. The fourth-order valence-corrected chi connectivity index (χ4v) is 17.9. The van der Waals surface area contributed by atoms with Crippen molar-refractivity contribution in [3.05, 3.63) is 12.2 Å². The van der Waals surface area contributed by atoms with E-state index in [4.69, 9.17) is 17.1 Å². The zero-order valence-corrected chi connectivity index (χ0v) is 25.4. The first-order chi connectivity index (χ1) is 13.6. The Balaban J connectivity index is 4.62. The molecule has 0 amide bonds. The zero-order valence-electron chi connectivity index (χ0n) is 21.4. The van der Waals surface area contributed by atoms with Gasteiger partial charge in [0.15, 0.2) is 25.0 Å². The van der Waals surface area contributed by atoms with Crippen molar-refractivity contribution in [2.45, 2.75) is 110 Å². The Kier molecular flexibility index (Phi) is 13.5. The Morgan fingerprint density at radius 1 is 0.667 bits per heavy atom. The first-order valence-corrected chi connectivity index (χ1v) is 23.6. The van der Waals surface area contributed by atoms with Gasteiger partial charge in [-0.15, -0.1) is 0 Å². The summed E-state index contributed by atoms with van der Waals surface area (Å²) in [5.41, 5.74) is 0. The van der Waals surface area contributed by atoms with E-state index in [1.54, 1.807) is 6.08 Å². The highest BCUT2D eigenvalue weighted by molar-refractivity contribution is 6.90. The number of rotatable bonds is 16. The van der Waals surface area contributed by atoms with E-state index in [9.17, 15) is 4.79 Å². The van der Waals surface area contributed by atoms with E-state index < -0.39 is 33.8 Å². The Labute approximate surface area is 190 Å². The number of hydrogen-bond donors (Lipinski definition) is 0. The van der Waals surface area contributed by atoms with Gasteiger partial charge >= 0.3 is 14.8 Å². The maximum Gasteiger partial charge on any atom is 0.469 e. The molecule has 0 aliphatic rings. The van der Waals surface area contributed by atoms with Gasteiger partial charge in [-0.2, -0.15) is 0 Å². The van der Waals surface area contributed by atoms with Crippen molar-refractivity contribution in [3.63, 3.8) is 0 Å². The Morgan fingerprint density at radius 3 is 1.47 bits per heavy atom. The highest BCUT2D eigenvalue weighted by atomic mass is 28.5. The summed E-state index contributed by atoms with van der Waals surface area (Å²) in [6, 6.07) is 0.923. The summed E-state index contributed by atoms with van der Waals surface area (Å²) in [5, 5.41) is 0. The van der Waals surface area contributed by atoms with Crippen LogP contribution in [0.1, 0.15) is 45.4 Å². The third kappa shape index (κ3) is 17.6. The number of carbonyl (C=O) groups is 1. The van der Waals surface area contributed by atoms with Crippen LogP contribution in [0, 0.1) is 0 Å². The third-order valence-corrected chi connectivity index (χ3v) is 15.9. The molecule has 0 saturated heterocycles. The van der Waals surface area contributed by atoms with Gasteiger partial charge in [0.2, 0.25) is 0 Å². The Hall–Kier alpha value is -0.0425. The molecular formula is C21H48O5Si4. The molecule has 0 aromatic rings. The monoisotopic (exact) mass is 492 g/mol. The van der Waals surface area contributed by atoms with Crippen molar-refractivity contribution in [1.82, 2.24) is 0 Å². The van der Waals surface area contributed by atoms with Crippen LogP contribution in [0.4, 0.5) is 0 Å². The van der Waals surface area contributed by atoms with Crippen LogP contribution in [0.3, 0.4) is 0 Å². The second-order valence-corrected chi connectivity index (χ2v) is 27.9. The standard InChI is InChI=1S/C21H48O5Si4/c1-11-18-21(22)23-19-16-14-12-13-15-17-20-30(24-27(2,3)4,25-28(5,6)7)26-29(8,9)10/h11,18H,12-17,19-20H2,1-10H3. The summed E-state index contributed by atoms with van der Waals surface area (Å²) in [7, 11) is -8.05. The summed E-state index contributed by atoms with van der Waals surface area (Å²) in [6.45, 7) is 22.4. The third-order valence-electron chi connectivity index (χ3n) is 3.81. The van der Waals surface area contributed by atoms with E-state index >= 15 is 0 Å². The van der Waals surface area contributed by atoms with Crippen molar-refractivity contribution in [3.8, 4) is 0 Å². The molecule has 0 aromatic carbocycles. The van der Waals surface area contributed by atoms with Crippen LogP contribution in [-0.4, -0.2) is 46.3 Å². The lowest BCUT2D eigenvalue weighted by molar-refractivity contribution is -0.137. The zero-order chi connectivity index (χ0) is 23.5. The molecule has 0 aliphatic heterocycles. The molecule has 0 aliphatic carbocycles. The van der Waals surface area contributed by atoms with Crippen molar-refractivity contribution in [2.75, 3.05) is 6.61 Å². The fraction of sp³-hybridized carbons (Fsp3) is 0.857. The van der Waals surface area contributed by atoms with Gasteiger partial charge in [-0.1, -0.05) is 31.8 Å². The molecule has 0 spiro atoms. The molecule has 0 N–H and O–H groups in total. The van der Waals surface area contributed by atoms with Crippen LogP contribution in [0.15, 0.2) is 12.2 Å². The first kappa shape index (κ1) is 30.0. The van der Waals surface area contributed by atoms with Crippen LogP contribution in [0.25, 0.3) is 0 Å². The molecule has 0 heterocycles. The maximum atomic E-state index is 11.3. The molecule has 0 aromatic heterocycles. The minimum atomic E-state index is -2.68. The van der Waals surface area contributed by atoms with E-state index in [2.05, 4.69) is 58.9 Å². The van der Waals surface area contributed by atoms with Gasteiger partial charge in [0.25, 0.3) is 0 Å². The van der Waals surface area contributed by atoms with Crippen LogP contribution >= 0.6 is 0 Å². The Bertz CT molecular complexity index is 478. The average Bonchev–Trinajstić information content (AvgIpc) is 2.48. The van der Waals surface area contributed by atoms with Crippen LogP contribution in [0.2, 0.25) is 65.0 Å². The van der Waals surface area contributed by atoms with Crippen molar-refractivity contribution >= 4 is 39.7 Å². The number of allylic oxidation sites excluding steroid dienone is 1. The number of unbranched alkanes of at least 4 members (excludes halogenated alkanes) is 5. The number of ether oxygens (including phenoxy) is 1. The SMILES string of the molecule is CC=CC(=O)OCCCCCCCC[Si](O[Si](C)(C)C)(O[Si](C)(C)C)O[Si](C)(C)C. The topological polar surface area (TPSA) is 54.0 Å². The molecule has 0 radical (unpaired) electrons. The molecule has 0 rings (SSSR count). The number of hydrogen-bond acceptors (Lipinski definition) is 5. The molecule has 9 heteroatoms. The molecule has 178 valence electrons. The average molecular weight is 493 g/mol. The molecule has 30 heavy (non-hydrogen) atoms. The van der Waals surface area contributed by atoms with E-state index in [1.165, 1.54) is 12.5 Å². The molecule has 0 unspecified atom stereocenters. The summed E-state index contributed by atoms with van der Waals surface area (Å²) in [6.07, 6.45) is 9.77. The van der Waals surface area contributed by atoms with Crippen LogP contribution in [-0.2, 0) is 21.9 Å². The number of carbonyl (C=O) groups excluding carboxylic acids is 1. The summed E-state index contributed by atoms with van der Waals surface area (Å²) in [5.74, 6) is -0.244. The van der Waals surface area contributed by atoms with Crippen molar-refractivity contribution in [2.24, 2.45) is 0 Å². The molecule has 0 saturated carbocycles. The summed E-state index contributed by atoms with van der Waals surface area (Å²) < 4.78 is 25.3. The molecule has 0 bridgehead atoms. The molecule has 5 nitrogen and oxygen atoms in total. The second-order valence-electron chi connectivity index (χ2n) is 10.9. The molecule has 0 fully saturated rings. The minimum Gasteiger partial charge on any atom is -0.463 e. The highest BCUT2D eigenvalue weighted by Gasteiger charge is 2.49. The van der Waals surface area contributed by atoms with Gasteiger partial charge in [0.05, 0.1) is 6.61 Å². The smallest absolute Gasteiger partial charge is 0.463 e. The molecular weight excluding hydrogens is 445 g/mol. The van der Waals surface area contributed by atoms with Gasteiger partial charge in [-0.05, 0) is 78.7 Å². The quantitative estimate of drug-likeness (QED) is 0.101. The van der Waals surface area contributed by atoms with E-state index in [0.29, 0.717) is 6.61 Å². The largest absolute Gasteiger partial charge is 0.469 e. The van der Waals surface area contributed by atoms with Crippen LogP contribution in [0.5, 0.6) is 0 Å². The van der Waals surface area contributed by atoms with E-state index in [-0.39, 0.29) is 5.97 Å². The van der Waals surface area contributed by atoms with E-state index in [0.717, 1.165) is 38.1 Å². The number of esters is 1. The second kappa shape index (κ2) is 13.5. The van der Waals surface area contributed by atoms with Gasteiger partial charge in [0.1, 0.15) is 0 Å². The van der Waals surface area contributed by atoms with Gasteiger partial charge in [-0.3, -0.25) is 0 Å². The Morgan fingerprint density at radius 2 is 1.07 bits per heavy atom. The minimum absolute atomic E-state index is 0.244. The lowest BCUT2D eigenvalue weighted by Gasteiger charge is -2.43. The lowest BCUT2D eigenvalue weighted by atomic mass is 10.1. The molecule has 0 atom stereocenters. The predicted molar refractivity (Wildman–Crippen MR) is 137 cm³/mol. The van der Waals surface area contributed by atoms with Gasteiger partial charge in [0, 0.05) is 12.1 Å². The highest BCUT2D eigenvalue weighted by Crippen LogP contribution is 2.30. The van der Waals surface area contributed by atoms with Gasteiger partial charge in [-0.25, -0.2) is 4.79 Å². The summed E-state index contributed by atoms with van der Waals surface area (Å²) in [4.78, 5) is 11.3. The van der Waals surface area contributed by atoms with E-state index in [1.807, 2.05) is 6.92 Å². The first-order valence-electron chi connectivity index (χ1n) is 11.5. The van der Waals surface area contributed by atoms with Crippen LogP contribution < -0.4 is 0 Å². The summed E-state index contributed by atoms with van der Waals surface area (Å²) >= 11 is 0. The maximum absolute atomic E-state index is 11.3. The predicted octanol–water partition coefficient (Wildman–Crippen LogP) is 6.94. The van der Waals surface area contributed by atoms with Crippen molar-refractivity contribution < 1.29 is 21.9 Å².